The van der Waals surface area contributed by atoms with Crippen molar-refractivity contribution in [3.8, 4) is 11.3 Å². The van der Waals surface area contributed by atoms with Crippen molar-refractivity contribution in [3.05, 3.63) is 40.3 Å². The number of halogens is 5. The van der Waals surface area contributed by atoms with Crippen LogP contribution in [0, 0.1) is 0 Å². The third-order valence-electron chi connectivity index (χ3n) is 2.22. The average Bonchev–Trinajstić information content (AvgIpc) is 2.76. The number of oxazole rings is 1. The normalized spacial score (nSPS) is 11.8. The summed E-state index contributed by atoms with van der Waals surface area (Å²) in [6.45, 7) is 0. The van der Waals surface area contributed by atoms with Gasteiger partial charge in [0.1, 0.15) is 0 Å². The van der Waals surface area contributed by atoms with Crippen LogP contribution in [0.25, 0.3) is 11.3 Å². The summed E-state index contributed by atoms with van der Waals surface area (Å²) in [4.78, 5) is 3.83. The molecule has 96 valence electrons. The van der Waals surface area contributed by atoms with Gasteiger partial charge in [-0.1, -0.05) is 22.0 Å². The lowest BCUT2D eigenvalue weighted by Gasteiger charge is -2.09. The van der Waals surface area contributed by atoms with E-state index in [2.05, 4.69) is 20.9 Å². The second kappa shape index (κ2) is 4.93. The van der Waals surface area contributed by atoms with Crippen LogP contribution in [-0.2, 0) is 12.1 Å². The Hall–Kier alpha value is -1.01. The van der Waals surface area contributed by atoms with Crippen molar-refractivity contribution >= 4 is 27.5 Å². The Morgan fingerprint density at radius 2 is 2.06 bits per heavy atom. The Kier molecular flexibility index (Phi) is 3.68. The summed E-state index contributed by atoms with van der Waals surface area (Å²) in [5, 5.41) is 0. The minimum Gasteiger partial charge on any atom is -0.439 e. The molecule has 1 heterocycles. The quantitative estimate of drug-likeness (QED) is 0.730. The van der Waals surface area contributed by atoms with Crippen LogP contribution in [0.3, 0.4) is 0 Å². The summed E-state index contributed by atoms with van der Waals surface area (Å²) >= 11 is 8.38. The maximum absolute atomic E-state index is 12.7. The summed E-state index contributed by atoms with van der Waals surface area (Å²) in [7, 11) is 0. The fourth-order valence-corrected chi connectivity index (χ4v) is 2.00. The van der Waals surface area contributed by atoms with Gasteiger partial charge in [0.2, 0.25) is 5.89 Å². The Balaban J connectivity index is 2.47. The van der Waals surface area contributed by atoms with Crippen LogP contribution in [0.15, 0.2) is 33.3 Å². The van der Waals surface area contributed by atoms with Crippen LogP contribution >= 0.6 is 27.5 Å². The van der Waals surface area contributed by atoms with Gasteiger partial charge in [-0.25, -0.2) is 4.98 Å². The predicted octanol–water partition coefficient (Wildman–Crippen LogP) is 4.86. The van der Waals surface area contributed by atoms with E-state index in [-0.39, 0.29) is 22.0 Å². The second-order valence-corrected chi connectivity index (χ2v) is 4.57. The van der Waals surface area contributed by atoms with E-state index in [0.29, 0.717) is 5.56 Å². The molecule has 1 aromatic heterocycles. The number of hydrogen-bond acceptors (Lipinski definition) is 2. The lowest BCUT2D eigenvalue weighted by Crippen LogP contribution is -2.05. The number of rotatable bonds is 2. The van der Waals surface area contributed by atoms with Gasteiger partial charge in [0, 0.05) is 10.0 Å². The van der Waals surface area contributed by atoms with Crippen LogP contribution in [0.5, 0.6) is 0 Å². The van der Waals surface area contributed by atoms with Crippen molar-refractivity contribution < 1.29 is 17.6 Å². The maximum atomic E-state index is 12.7. The van der Waals surface area contributed by atoms with Crippen molar-refractivity contribution in [1.29, 1.82) is 0 Å². The van der Waals surface area contributed by atoms with Crippen LogP contribution in [0.1, 0.15) is 11.5 Å². The van der Waals surface area contributed by atoms with Gasteiger partial charge in [-0.3, -0.25) is 0 Å². The smallest absolute Gasteiger partial charge is 0.417 e. The highest BCUT2D eigenvalue weighted by Gasteiger charge is 2.33. The van der Waals surface area contributed by atoms with Gasteiger partial charge in [-0.15, -0.1) is 11.6 Å². The first kappa shape index (κ1) is 13.4. The summed E-state index contributed by atoms with van der Waals surface area (Å²) in [5.74, 6) is 0.592. The van der Waals surface area contributed by atoms with E-state index in [1.54, 1.807) is 0 Å². The van der Waals surface area contributed by atoms with Crippen LogP contribution in [0.2, 0.25) is 0 Å². The first-order valence-electron chi connectivity index (χ1n) is 4.79. The fraction of sp³-hybridized carbons (Fsp3) is 0.182. The Morgan fingerprint density at radius 3 is 2.61 bits per heavy atom. The van der Waals surface area contributed by atoms with E-state index >= 15 is 0 Å². The van der Waals surface area contributed by atoms with Crippen molar-refractivity contribution in [2.75, 3.05) is 0 Å². The molecule has 0 amide bonds. The van der Waals surface area contributed by atoms with E-state index < -0.39 is 11.7 Å². The van der Waals surface area contributed by atoms with Crippen LogP contribution < -0.4 is 0 Å². The molecule has 0 aliphatic carbocycles. The molecule has 2 nitrogen and oxygen atoms in total. The molecule has 0 N–H and O–H groups in total. The lowest BCUT2D eigenvalue weighted by molar-refractivity contribution is -0.138. The second-order valence-electron chi connectivity index (χ2n) is 3.44. The molecule has 18 heavy (non-hydrogen) atoms. The monoisotopic (exact) mass is 339 g/mol. The molecule has 1 aromatic carbocycles. The SMILES string of the molecule is FC(F)(F)c1cc(-c2cnc(CCl)o2)ccc1Br. The molecule has 2 aromatic rings. The van der Waals surface area contributed by atoms with Gasteiger partial charge in [0.05, 0.1) is 17.6 Å². The Morgan fingerprint density at radius 1 is 1.33 bits per heavy atom. The summed E-state index contributed by atoms with van der Waals surface area (Å²) < 4.78 is 43.3. The van der Waals surface area contributed by atoms with Crippen molar-refractivity contribution in [2.45, 2.75) is 12.1 Å². The molecular weight excluding hydrogens is 334 g/mol. The van der Waals surface area contributed by atoms with Gasteiger partial charge in [-0.2, -0.15) is 13.2 Å². The topological polar surface area (TPSA) is 26.0 Å². The number of hydrogen-bond donors (Lipinski definition) is 0. The van der Waals surface area contributed by atoms with E-state index in [4.69, 9.17) is 16.0 Å². The molecule has 0 radical (unpaired) electrons. The largest absolute Gasteiger partial charge is 0.439 e. The third kappa shape index (κ3) is 2.70. The molecule has 0 spiro atoms. The minimum absolute atomic E-state index is 0.0177. The summed E-state index contributed by atoms with van der Waals surface area (Å²) in [6.07, 6.45) is -3.08. The summed E-state index contributed by atoms with van der Waals surface area (Å²) in [6, 6.07) is 3.83. The Labute approximate surface area is 114 Å². The molecule has 0 aliphatic rings. The highest BCUT2D eigenvalue weighted by Crippen LogP contribution is 2.37. The molecule has 0 aliphatic heterocycles. The fourth-order valence-electron chi connectivity index (χ4n) is 1.40. The molecule has 0 bridgehead atoms. The number of benzene rings is 1. The molecule has 0 unspecified atom stereocenters. The van der Waals surface area contributed by atoms with Crippen molar-refractivity contribution in [3.63, 3.8) is 0 Å². The molecular formula is C11H6BrClF3NO. The Bertz CT molecular complexity index is 568. The summed E-state index contributed by atoms with van der Waals surface area (Å²) in [5.41, 5.74) is -0.460. The molecule has 0 fully saturated rings. The zero-order valence-electron chi connectivity index (χ0n) is 8.76. The van der Waals surface area contributed by atoms with E-state index in [9.17, 15) is 13.2 Å². The zero-order chi connectivity index (χ0) is 13.3. The van der Waals surface area contributed by atoms with Crippen LogP contribution in [-0.4, -0.2) is 4.98 Å². The molecule has 0 atom stereocenters. The zero-order valence-corrected chi connectivity index (χ0v) is 11.1. The standard InChI is InChI=1S/C11H6BrClF3NO/c12-8-2-1-6(3-7(8)11(14,15)16)9-5-17-10(4-13)18-9/h1-3,5H,4H2. The molecule has 0 saturated carbocycles. The molecule has 7 heteroatoms. The first-order chi connectivity index (χ1) is 8.41. The highest BCUT2D eigenvalue weighted by atomic mass is 79.9. The molecule has 2 rings (SSSR count). The molecule has 0 saturated heterocycles. The minimum atomic E-state index is -4.43. The van der Waals surface area contributed by atoms with Gasteiger partial charge in [0.15, 0.2) is 5.76 Å². The van der Waals surface area contributed by atoms with Crippen molar-refractivity contribution in [2.24, 2.45) is 0 Å². The lowest BCUT2D eigenvalue weighted by atomic mass is 10.1. The number of alkyl halides is 4. The van der Waals surface area contributed by atoms with Gasteiger partial charge in [0.25, 0.3) is 0 Å². The van der Waals surface area contributed by atoms with Crippen molar-refractivity contribution in [1.82, 2.24) is 4.98 Å². The van der Waals surface area contributed by atoms with E-state index in [1.807, 2.05) is 0 Å². The number of nitrogens with zero attached hydrogens (tertiary/aromatic N) is 1. The third-order valence-corrected chi connectivity index (χ3v) is 3.14. The highest BCUT2D eigenvalue weighted by molar-refractivity contribution is 9.10. The van der Waals surface area contributed by atoms with Crippen LogP contribution in [0.4, 0.5) is 13.2 Å². The maximum Gasteiger partial charge on any atom is 0.417 e. The number of aromatic nitrogens is 1. The average molecular weight is 341 g/mol. The van der Waals surface area contributed by atoms with Gasteiger partial charge < -0.3 is 4.42 Å². The van der Waals surface area contributed by atoms with E-state index in [1.165, 1.54) is 18.3 Å². The first-order valence-corrected chi connectivity index (χ1v) is 6.12. The van der Waals surface area contributed by atoms with Gasteiger partial charge >= 0.3 is 6.18 Å². The van der Waals surface area contributed by atoms with E-state index in [0.717, 1.165) is 6.07 Å². The van der Waals surface area contributed by atoms with Gasteiger partial charge in [-0.05, 0) is 12.1 Å². The predicted molar refractivity (Wildman–Crippen MR) is 64.2 cm³/mol.